The number of rotatable bonds is 3. The molecule has 16 heavy (non-hydrogen) atoms. The van der Waals surface area contributed by atoms with Gasteiger partial charge in [-0.25, -0.2) is 14.5 Å². The summed E-state index contributed by atoms with van der Waals surface area (Å²) in [6.07, 6.45) is 1.40. The third kappa shape index (κ3) is 1.59. The van der Waals surface area contributed by atoms with Crippen molar-refractivity contribution in [2.75, 3.05) is 7.11 Å². The van der Waals surface area contributed by atoms with E-state index in [0.717, 1.165) is 5.56 Å². The zero-order valence-corrected chi connectivity index (χ0v) is 8.80. The first-order chi connectivity index (χ1) is 7.77. The quantitative estimate of drug-likeness (QED) is 0.764. The molecule has 0 unspecified atom stereocenters. The van der Waals surface area contributed by atoms with Gasteiger partial charge in [0, 0.05) is 6.54 Å². The molecule has 0 saturated carbocycles. The van der Waals surface area contributed by atoms with Crippen LogP contribution in [0.3, 0.4) is 0 Å². The Hall–Kier alpha value is -2.08. The monoisotopic (exact) mass is 220 g/mol. The summed E-state index contributed by atoms with van der Waals surface area (Å²) in [6.45, 7) is 0.324. The first-order valence-electron chi connectivity index (χ1n) is 4.76. The standard InChI is InChI=1S/C10H12N4O2/c1-16-8-4-2-3-7(5-11)9(8)14-6-12-13-10(14)15/h2-4,6H,5,11H2,1H3,(H,13,15). The summed E-state index contributed by atoms with van der Waals surface area (Å²) < 4.78 is 6.59. The predicted molar refractivity (Wildman–Crippen MR) is 58.6 cm³/mol. The molecule has 2 aromatic rings. The number of H-pyrrole nitrogens is 1. The Morgan fingerprint density at radius 1 is 1.56 bits per heavy atom. The van der Waals surface area contributed by atoms with Crippen LogP contribution in [0.25, 0.3) is 5.69 Å². The van der Waals surface area contributed by atoms with Gasteiger partial charge in [0.1, 0.15) is 12.1 Å². The van der Waals surface area contributed by atoms with Gasteiger partial charge in [-0.15, -0.1) is 0 Å². The minimum Gasteiger partial charge on any atom is -0.495 e. The first kappa shape index (κ1) is 10.4. The van der Waals surface area contributed by atoms with Crippen molar-refractivity contribution in [1.82, 2.24) is 14.8 Å². The fourth-order valence-corrected chi connectivity index (χ4v) is 1.58. The number of ether oxygens (including phenoxy) is 1. The number of aromatic amines is 1. The van der Waals surface area contributed by atoms with Crippen molar-refractivity contribution in [3.8, 4) is 11.4 Å². The van der Waals surface area contributed by atoms with Crippen molar-refractivity contribution < 1.29 is 4.74 Å². The van der Waals surface area contributed by atoms with Crippen molar-refractivity contribution in [3.05, 3.63) is 40.6 Å². The highest BCUT2D eigenvalue weighted by Crippen LogP contribution is 2.24. The Bertz CT molecular complexity index is 521. The molecule has 0 fully saturated rings. The van der Waals surface area contributed by atoms with Crippen LogP contribution in [0, 0.1) is 0 Å². The summed E-state index contributed by atoms with van der Waals surface area (Å²) in [6, 6.07) is 5.45. The molecule has 0 spiro atoms. The number of aromatic nitrogens is 3. The smallest absolute Gasteiger partial charge is 0.347 e. The molecule has 84 valence electrons. The molecule has 2 rings (SSSR count). The van der Waals surface area contributed by atoms with Gasteiger partial charge in [-0.2, -0.15) is 5.10 Å². The average molecular weight is 220 g/mol. The van der Waals surface area contributed by atoms with E-state index < -0.39 is 0 Å². The van der Waals surface area contributed by atoms with Crippen LogP contribution in [0.15, 0.2) is 29.3 Å². The van der Waals surface area contributed by atoms with Gasteiger partial charge in [0.05, 0.1) is 12.8 Å². The van der Waals surface area contributed by atoms with Crippen molar-refractivity contribution in [2.24, 2.45) is 5.73 Å². The highest BCUT2D eigenvalue weighted by atomic mass is 16.5. The highest BCUT2D eigenvalue weighted by molar-refractivity contribution is 5.52. The van der Waals surface area contributed by atoms with E-state index in [2.05, 4.69) is 10.2 Å². The second-order valence-electron chi connectivity index (χ2n) is 3.20. The molecule has 0 saturated heterocycles. The molecule has 3 N–H and O–H groups in total. The molecule has 0 radical (unpaired) electrons. The van der Waals surface area contributed by atoms with Gasteiger partial charge in [-0.3, -0.25) is 0 Å². The third-order valence-corrected chi connectivity index (χ3v) is 2.32. The number of nitrogens with two attached hydrogens (primary N) is 1. The molecule has 1 aromatic carbocycles. The Kier molecular flexibility index (Phi) is 2.74. The van der Waals surface area contributed by atoms with E-state index in [0.29, 0.717) is 18.0 Å². The molecule has 6 heteroatoms. The Labute approximate surface area is 91.7 Å². The van der Waals surface area contributed by atoms with E-state index in [-0.39, 0.29) is 5.69 Å². The van der Waals surface area contributed by atoms with Crippen molar-refractivity contribution in [2.45, 2.75) is 6.54 Å². The molecular weight excluding hydrogens is 208 g/mol. The second-order valence-corrected chi connectivity index (χ2v) is 3.20. The molecule has 6 nitrogen and oxygen atoms in total. The van der Waals surface area contributed by atoms with Crippen LogP contribution in [0.5, 0.6) is 5.75 Å². The number of nitrogens with zero attached hydrogens (tertiary/aromatic N) is 2. The van der Waals surface area contributed by atoms with Crippen molar-refractivity contribution in [3.63, 3.8) is 0 Å². The molecule has 0 aliphatic heterocycles. The van der Waals surface area contributed by atoms with E-state index in [9.17, 15) is 4.79 Å². The maximum atomic E-state index is 11.5. The first-order valence-corrected chi connectivity index (χ1v) is 4.76. The van der Waals surface area contributed by atoms with E-state index in [1.165, 1.54) is 10.9 Å². The average Bonchev–Trinajstić information content (AvgIpc) is 2.74. The molecule has 1 aromatic heterocycles. The van der Waals surface area contributed by atoms with Crippen molar-refractivity contribution in [1.29, 1.82) is 0 Å². The van der Waals surface area contributed by atoms with Gasteiger partial charge < -0.3 is 10.5 Å². The summed E-state index contributed by atoms with van der Waals surface area (Å²) in [5, 5.41) is 6.01. The molecular formula is C10H12N4O2. The molecule has 0 atom stereocenters. The van der Waals surface area contributed by atoms with E-state index >= 15 is 0 Å². The summed E-state index contributed by atoms with van der Waals surface area (Å²) in [4.78, 5) is 11.5. The fourth-order valence-electron chi connectivity index (χ4n) is 1.58. The molecule has 0 amide bonds. The molecule has 0 aliphatic rings. The lowest BCUT2D eigenvalue weighted by Gasteiger charge is -2.11. The van der Waals surface area contributed by atoms with Gasteiger partial charge in [-0.1, -0.05) is 12.1 Å². The Balaban J connectivity index is 2.71. The van der Waals surface area contributed by atoms with E-state index in [1.807, 2.05) is 12.1 Å². The van der Waals surface area contributed by atoms with Crippen LogP contribution in [0.4, 0.5) is 0 Å². The third-order valence-electron chi connectivity index (χ3n) is 2.32. The van der Waals surface area contributed by atoms with Crippen LogP contribution in [-0.4, -0.2) is 21.9 Å². The lowest BCUT2D eigenvalue weighted by Crippen LogP contribution is -2.17. The normalized spacial score (nSPS) is 10.4. The van der Waals surface area contributed by atoms with Crippen LogP contribution in [0.2, 0.25) is 0 Å². The zero-order valence-electron chi connectivity index (χ0n) is 8.80. The highest BCUT2D eigenvalue weighted by Gasteiger charge is 2.12. The number of hydrogen-bond donors (Lipinski definition) is 2. The van der Waals surface area contributed by atoms with Gasteiger partial charge in [-0.05, 0) is 11.6 Å². The summed E-state index contributed by atoms with van der Waals surface area (Å²) in [5.74, 6) is 0.589. The summed E-state index contributed by atoms with van der Waals surface area (Å²) in [7, 11) is 1.55. The second kappa shape index (κ2) is 4.19. The van der Waals surface area contributed by atoms with Crippen LogP contribution < -0.4 is 16.2 Å². The minimum atomic E-state index is -0.320. The Morgan fingerprint density at radius 2 is 2.38 bits per heavy atom. The minimum absolute atomic E-state index is 0.320. The van der Waals surface area contributed by atoms with Gasteiger partial charge >= 0.3 is 5.69 Å². The largest absolute Gasteiger partial charge is 0.495 e. The van der Waals surface area contributed by atoms with E-state index in [1.54, 1.807) is 13.2 Å². The van der Waals surface area contributed by atoms with Crippen LogP contribution in [0.1, 0.15) is 5.56 Å². The summed E-state index contributed by atoms with van der Waals surface area (Å²) >= 11 is 0. The van der Waals surface area contributed by atoms with Gasteiger partial charge in [0.25, 0.3) is 0 Å². The lowest BCUT2D eigenvalue weighted by atomic mass is 10.1. The Morgan fingerprint density at radius 3 is 2.94 bits per heavy atom. The lowest BCUT2D eigenvalue weighted by molar-refractivity contribution is 0.412. The van der Waals surface area contributed by atoms with Crippen LogP contribution in [-0.2, 0) is 6.54 Å². The molecule has 0 aliphatic carbocycles. The number of methoxy groups -OCH3 is 1. The van der Waals surface area contributed by atoms with Gasteiger partial charge in [0.2, 0.25) is 0 Å². The molecule has 0 bridgehead atoms. The predicted octanol–water partition coefficient (Wildman–Crippen LogP) is 0.0279. The maximum absolute atomic E-state index is 11.5. The van der Waals surface area contributed by atoms with Crippen molar-refractivity contribution >= 4 is 0 Å². The number of benzene rings is 1. The maximum Gasteiger partial charge on any atom is 0.347 e. The zero-order chi connectivity index (χ0) is 11.5. The SMILES string of the molecule is COc1cccc(CN)c1-n1cn[nH]c1=O. The number of nitrogens with one attached hydrogen (secondary N) is 1. The van der Waals surface area contributed by atoms with Gasteiger partial charge in [0.15, 0.2) is 0 Å². The number of hydrogen-bond acceptors (Lipinski definition) is 4. The molecule has 1 heterocycles. The fraction of sp³-hybridized carbons (Fsp3) is 0.200. The van der Waals surface area contributed by atoms with E-state index in [4.69, 9.17) is 10.5 Å². The topological polar surface area (TPSA) is 85.9 Å². The summed E-state index contributed by atoms with van der Waals surface area (Å²) in [5.41, 5.74) is 6.76. The number of para-hydroxylation sites is 1. The van der Waals surface area contributed by atoms with Crippen LogP contribution >= 0.6 is 0 Å².